The van der Waals surface area contributed by atoms with Gasteiger partial charge in [0.1, 0.15) is 5.41 Å². The molecule has 5 nitrogen and oxygen atoms in total. The quantitative estimate of drug-likeness (QED) is 0.875. The van der Waals surface area contributed by atoms with Gasteiger partial charge < -0.3 is 19.5 Å². The van der Waals surface area contributed by atoms with Gasteiger partial charge in [0, 0.05) is 25.6 Å². The van der Waals surface area contributed by atoms with Crippen LogP contribution in [-0.4, -0.2) is 62.5 Å². The molecule has 2 saturated heterocycles. The SMILES string of the molecule is COCC1(C(=O)N2CCC(CO)(c3ccccc3)C2)COC1. The van der Waals surface area contributed by atoms with Crippen LogP contribution in [-0.2, 0) is 19.7 Å². The predicted octanol–water partition coefficient (Wildman–Crippen LogP) is 0.812. The lowest BCUT2D eigenvalue weighted by atomic mass is 9.80. The number of likely N-dealkylation sites (tertiary alicyclic amines) is 1. The van der Waals surface area contributed by atoms with Crippen LogP contribution in [0.2, 0.25) is 0 Å². The lowest BCUT2D eigenvalue weighted by molar-refractivity contribution is -0.182. The molecule has 1 aromatic rings. The Bertz CT molecular complexity index is 529. The molecule has 0 saturated carbocycles. The summed E-state index contributed by atoms with van der Waals surface area (Å²) in [5.41, 5.74) is 0.214. The van der Waals surface area contributed by atoms with Gasteiger partial charge in [0.2, 0.25) is 5.91 Å². The molecule has 3 rings (SSSR count). The van der Waals surface area contributed by atoms with Crippen LogP contribution in [0.25, 0.3) is 0 Å². The summed E-state index contributed by atoms with van der Waals surface area (Å²) < 4.78 is 10.5. The van der Waals surface area contributed by atoms with Crippen molar-refractivity contribution in [1.82, 2.24) is 4.90 Å². The number of carbonyl (C=O) groups is 1. The van der Waals surface area contributed by atoms with Crippen molar-refractivity contribution in [2.24, 2.45) is 5.41 Å². The van der Waals surface area contributed by atoms with Crippen LogP contribution in [0.3, 0.4) is 0 Å². The molecule has 0 spiro atoms. The second kappa shape index (κ2) is 5.99. The fourth-order valence-corrected chi connectivity index (χ4v) is 3.52. The van der Waals surface area contributed by atoms with Gasteiger partial charge in [-0.1, -0.05) is 30.3 Å². The molecular weight excluding hydrogens is 282 g/mol. The van der Waals surface area contributed by atoms with Gasteiger partial charge in [-0.2, -0.15) is 0 Å². The Labute approximate surface area is 130 Å². The van der Waals surface area contributed by atoms with Crippen LogP contribution in [0, 0.1) is 5.41 Å². The molecule has 1 aromatic carbocycles. The van der Waals surface area contributed by atoms with Crippen molar-refractivity contribution in [2.75, 3.05) is 46.6 Å². The van der Waals surface area contributed by atoms with E-state index in [2.05, 4.69) is 0 Å². The number of nitrogens with zero attached hydrogens (tertiary/aromatic N) is 1. The second-order valence-corrected chi connectivity index (χ2v) is 6.49. The van der Waals surface area contributed by atoms with Gasteiger partial charge in [-0.25, -0.2) is 0 Å². The van der Waals surface area contributed by atoms with Crippen molar-refractivity contribution in [1.29, 1.82) is 0 Å². The van der Waals surface area contributed by atoms with E-state index in [-0.39, 0.29) is 17.9 Å². The van der Waals surface area contributed by atoms with Gasteiger partial charge in [-0.15, -0.1) is 0 Å². The summed E-state index contributed by atoms with van der Waals surface area (Å²) in [5.74, 6) is 0.0897. The largest absolute Gasteiger partial charge is 0.395 e. The Hall–Kier alpha value is -1.43. The topological polar surface area (TPSA) is 59.0 Å². The molecule has 2 fully saturated rings. The van der Waals surface area contributed by atoms with Gasteiger partial charge in [0.25, 0.3) is 0 Å². The Morgan fingerprint density at radius 1 is 1.36 bits per heavy atom. The van der Waals surface area contributed by atoms with Crippen LogP contribution >= 0.6 is 0 Å². The number of amides is 1. The molecule has 1 unspecified atom stereocenters. The molecule has 0 aliphatic carbocycles. The molecule has 1 atom stereocenters. The highest BCUT2D eigenvalue weighted by Crippen LogP contribution is 2.38. The molecule has 2 aliphatic rings. The average molecular weight is 305 g/mol. The summed E-state index contributed by atoms with van der Waals surface area (Å²) >= 11 is 0. The average Bonchev–Trinajstić information content (AvgIpc) is 2.97. The maximum atomic E-state index is 12.9. The number of aliphatic hydroxyl groups excluding tert-OH is 1. The third-order valence-electron chi connectivity index (χ3n) is 4.96. The Balaban J connectivity index is 1.77. The molecule has 0 radical (unpaired) electrons. The predicted molar refractivity (Wildman–Crippen MR) is 81.5 cm³/mol. The molecule has 2 aliphatic heterocycles. The molecule has 120 valence electrons. The smallest absolute Gasteiger partial charge is 0.235 e. The Morgan fingerprint density at radius 2 is 2.09 bits per heavy atom. The van der Waals surface area contributed by atoms with Gasteiger partial charge in [-0.3, -0.25) is 4.79 Å². The normalized spacial score (nSPS) is 26.7. The molecule has 5 heteroatoms. The van der Waals surface area contributed by atoms with Crippen molar-refractivity contribution in [3.8, 4) is 0 Å². The molecule has 0 bridgehead atoms. The van der Waals surface area contributed by atoms with E-state index >= 15 is 0 Å². The Morgan fingerprint density at radius 3 is 2.64 bits per heavy atom. The second-order valence-electron chi connectivity index (χ2n) is 6.49. The number of methoxy groups -OCH3 is 1. The summed E-state index contributed by atoms with van der Waals surface area (Å²) in [6, 6.07) is 9.97. The van der Waals surface area contributed by atoms with E-state index in [1.54, 1.807) is 7.11 Å². The third kappa shape index (κ3) is 2.43. The number of hydrogen-bond donors (Lipinski definition) is 1. The molecule has 2 heterocycles. The minimum Gasteiger partial charge on any atom is -0.395 e. The Kier molecular flexibility index (Phi) is 4.21. The first-order chi connectivity index (χ1) is 10.7. The maximum Gasteiger partial charge on any atom is 0.235 e. The first kappa shape index (κ1) is 15.5. The minimum absolute atomic E-state index is 0.0502. The van der Waals surface area contributed by atoms with E-state index in [0.717, 1.165) is 12.0 Å². The first-order valence-electron chi connectivity index (χ1n) is 7.68. The molecule has 22 heavy (non-hydrogen) atoms. The number of benzene rings is 1. The van der Waals surface area contributed by atoms with Gasteiger partial charge in [0.05, 0.1) is 26.4 Å². The summed E-state index contributed by atoms with van der Waals surface area (Å²) in [6.45, 7) is 2.51. The van der Waals surface area contributed by atoms with Crippen molar-refractivity contribution >= 4 is 5.91 Å². The highest BCUT2D eigenvalue weighted by atomic mass is 16.5. The lowest BCUT2D eigenvalue weighted by Gasteiger charge is -2.42. The number of ether oxygens (including phenoxy) is 2. The molecule has 1 N–H and O–H groups in total. The maximum absolute atomic E-state index is 12.9. The minimum atomic E-state index is -0.531. The standard InChI is InChI=1S/C17H23NO4/c1-21-11-17(12-22-13-17)15(20)18-8-7-16(9-18,10-19)14-5-3-2-4-6-14/h2-6,19H,7-13H2,1H3. The molecule has 0 aromatic heterocycles. The number of carbonyl (C=O) groups excluding carboxylic acids is 1. The summed E-state index contributed by atoms with van der Waals surface area (Å²) in [7, 11) is 1.61. The third-order valence-corrected chi connectivity index (χ3v) is 4.96. The number of rotatable bonds is 5. The van der Waals surface area contributed by atoms with E-state index in [9.17, 15) is 9.90 Å². The van der Waals surface area contributed by atoms with E-state index in [0.29, 0.717) is 32.9 Å². The van der Waals surface area contributed by atoms with Crippen LogP contribution in [0.1, 0.15) is 12.0 Å². The zero-order valence-corrected chi connectivity index (χ0v) is 13.0. The van der Waals surface area contributed by atoms with Crippen LogP contribution in [0.15, 0.2) is 30.3 Å². The highest BCUT2D eigenvalue weighted by molar-refractivity contribution is 5.84. The highest BCUT2D eigenvalue weighted by Gasteiger charge is 2.51. The monoisotopic (exact) mass is 305 g/mol. The first-order valence-corrected chi connectivity index (χ1v) is 7.68. The fraction of sp³-hybridized carbons (Fsp3) is 0.588. The zero-order chi connectivity index (χ0) is 15.6. The van der Waals surface area contributed by atoms with Crippen molar-refractivity contribution in [2.45, 2.75) is 11.8 Å². The number of aliphatic hydroxyl groups is 1. The van der Waals surface area contributed by atoms with Crippen LogP contribution < -0.4 is 0 Å². The van der Waals surface area contributed by atoms with Crippen molar-refractivity contribution in [3.63, 3.8) is 0 Å². The lowest BCUT2D eigenvalue weighted by Crippen LogP contribution is -2.57. The summed E-state index contributed by atoms with van der Waals surface area (Å²) in [4.78, 5) is 14.7. The number of hydrogen-bond acceptors (Lipinski definition) is 4. The van der Waals surface area contributed by atoms with E-state index in [1.165, 1.54) is 0 Å². The summed E-state index contributed by atoms with van der Waals surface area (Å²) in [6.07, 6.45) is 0.781. The van der Waals surface area contributed by atoms with Gasteiger partial charge >= 0.3 is 0 Å². The van der Waals surface area contributed by atoms with Crippen molar-refractivity contribution in [3.05, 3.63) is 35.9 Å². The van der Waals surface area contributed by atoms with Crippen LogP contribution in [0.4, 0.5) is 0 Å². The molecular formula is C17H23NO4. The fourth-order valence-electron chi connectivity index (χ4n) is 3.52. The van der Waals surface area contributed by atoms with Crippen molar-refractivity contribution < 1.29 is 19.4 Å². The summed E-state index contributed by atoms with van der Waals surface area (Å²) in [5, 5.41) is 9.96. The van der Waals surface area contributed by atoms with E-state index in [1.807, 2.05) is 35.2 Å². The molecule has 1 amide bonds. The van der Waals surface area contributed by atoms with Gasteiger partial charge in [-0.05, 0) is 12.0 Å². The van der Waals surface area contributed by atoms with E-state index in [4.69, 9.17) is 9.47 Å². The van der Waals surface area contributed by atoms with Crippen LogP contribution in [0.5, 0.6) is 0 Å². The zero-order valence-electron chi connectivity index (χ0n) is 13.0. The van der Waals surface area contributed by atoms with E-state index < -0.39 is 5.41 Å². The van der Waals surface area contributed by atoms with Gasteiger partial charge in [0.15, 0.2) is 0 Å².